The topological polar surface area (TPSA) is 50.2 Å². The van der Waals surface area contributed by atoms with Crippen LogP contribution in [0.4, 0.5) is 0 Å². The summed E-state index contributed by atoms with van der Waals surface area (Å²) in [5.41, 5.74) is 1.97. The molecule has 0 aliphatic carbocycles. The minimum Gasteiger partial charge on any atom is -0.478 e. The second-order valence-corrected chi connectivity index (χ2v) is 5.52. The standard InChI is InChI=1S/C14H12ClNO2S/c1-9-2-3-12(7-13(9)14(17)18)19-8-11-6-10(15)4-5-16-11/h2-7H,8H2,1H3,(H,17,18). The van der Waals surface area contributed by atoms with Crippen LogP contribution in [0.15, 0.2) is 41.4 Å². The average Bonchev–Trinajstić information content (AvgIpc) is 2.37. The van der Waals surface area contributed by atoms with Gasteiger partial charge < -0.3 is 5.11 Å². The number of aromatic nitrogens is 1. The Morgan fingerprint density at radius 3 is 2.84 bits per heavy atom. The van der Waals surface area contributed by atoms with Crippen molar-refractivity contribution in [3.8, 4) is 0 Å². The molecule has 2 aromatic rings. The summed E-state index contributed by atoms with van der Waals surface area (Å²) in [5, 5.41) is 9.73. The number of thioether (sulfide) groups is 1. The van der Waals surface area contributed by atoms with Crippen LogP contribution in [-0.4, -0.2) is 16.1 Å². The van der Waals surface area contributed by atoms with Gasteiger partial charge in [0.2, 0.25) is 0 Å². The van der Waals surface area contributed by atoms with Crippen molar-refractivity contribution < 1.29 is 9.90 Å². The van der Waals surface area contributed by atoms with Gasteiger partial charge in [-0.2, -0.15) is 0 Å². The fourth-order valence-corrected chi connectivity index (χ4v) is 2.63. The van der Waals surface area contributed by atoms with E-state index in [-0.39, 0.29) is 0 Å². The van der Waals surface area contributed by atoms with E-state index in [4.69, 9.17) is 16.7 Å². The largest absolute Gasteiger partial charge is 0.478 e. The summed E-state index contributed by atoms with van der Waals surface area (Å²) < 4.78 is 0. The number of benzene rings is 1. The average molecular weight is 294 g/mol. The van der Waals surface area contributed by atoms with E-state index in [1.807, 2.05) is 12.1 Å². The molecule has 0 saturated heterocycles. The maximum Gasteiger partial charge on any atom is 0.335 e. The Kier molecular flexibility index (Phi) is 4.45. The number of carbonyl (C=O) groups is 1. The Bertz CT molecular complexity index is 616. The number of hydrogen-bond donors (Lipinski definition) is 1. The zero-order valence-corrected chi connectivity index (χ0v) is 11.8. The number of pyridine rings is 1. The van der Waals surface area contributed by atoms with Crippen LogP contribution in [0, 0.1) is 6.92 Å². The highest BCUT2D eigenvalue weighted by atomic mass is 35.5. The van der Waals surface area contributed by atoms with Gasteiger partial charge in [-0.3, -0.25) is 4.98 Å². The Balaban J connectivity index is 2.12. The van der Waals surface area contributed by atoms with E-state index >= 15 is 0 Å². The molecule has 0 aliphatic rings. The van der Waals surface area contributed by atoms with Crippen molar-refractivity contribution in [3.05, 3.63) is 58.4 Å². The van der Waals surface area contributed by atoms with Crippen LogP contribution >= 0.6 is 23.4 Å². The summed E-state index contributed by atoms with van der Waals surface area (Å²) in [6.45, 7) is 1.79. The predicted octanol–water partition coefficient (Wildman–Crippen LogP) is 4.03. The predicted molar refractivity (Wildman–Crippen MR) is 76.9 cm³/mol. The van der Waals surface area contributed by atoms with Gasteiger partial charge in [0, 0.05) is 21.9 Å². The first-order valence-electron chi connectivity index (χ1n) is 5.63. The molecule has 1 aromatic carbocycles. The van der Waals surface area contributed by atoms with Gasteiger partial charge in [0.05, 0.1) is 11.3 Å². The van der Waals surface area contributed by atoms with Crippen molar-refractivity contribution in [2.24, 2.45) is 0 Å². The van der Waals surface area contributed by atoms with E-state index in [1.54, 1.807) is 31.3 Å². The maximum absolute atomic E-state index is 11.1. The zero-order chi connectivity index (χ0) is 13.8. The first kappa shape index (κ1) is 13.9. The Labute approximate surface area is 120 Å². The first-order chi connectivity index (χ1) is 9.06. The molecule has 1 heterocycles. The molecule has 1 aromatic heterocycles. The summed E-state index contributed by atoms with van der Waals surface area (Å²) >= 11 is 7.43. The molecule has 0 amide bonds. The normalized spacial score (nSPS) is 10.4. The molecule has 0 atom stereocenters. The first-order valence-corrected chi connectivity index (χ1v) is 7.00. The molecule has 0 unspecified atom stereocenters. The van der Waals surface area contributed by atoms with E-state index in [2.05, 4.69) is 4.98 Å². The molecule has 98 valence electrons. The molecular formula is C14H12ClNO2S. The lowest BCUT2D eigenvalue weighted by Gasteiger charge is -2.05. The molecular weight excluding hydrogens is 282 g/mol. The van der Waals surface area contributed by atoms with Crippen molar-refractivity contribution in [1.29, 1.82) is 0 Å². The Morgan fingerprint density at radius 2 is 2.16 bits per heavy atom. The molecule has 0 aliphatic heterocycles. The number of halogens is 1. The third kappa shape index (κ3) is 3.72. The van der Waals surface area contributed by atoms with E-state index in [1.165, 1.54) is 11.8 Å². The van der Waals surface area contributed by atoms with Crippen molar-refractivity contribution >= 4 is 29.3 Å². The van der Waals surface area contributed by atoms with Gasteiger partial charge in [0.25, 0.3) is 0 Å². The summed E-state index contributed by atoms with van der Waals surface area (Å²) in [4.78, 5) is 16.2. The number of carboxylic acids is 1. The SMILES string of the molecule is Cc1ccc(SCc2cc(Cl)ccn2)cc1C(=O)O. The van der Waals surface area contributed by atoms with Gasteiger partial charge in [-0.05, 0) is 36.8 Å². The quantitative estimate of drug-likeness (QED) is 0.865. The molecule has 5 heteroatoms. The highest BCUT2D eigenvalue weighted by Crippen LogP contribution is 2.25. The van der Waals surface area contributed by atoms with Gasteiger partial charge in [0.1, 0.15) is 0 Å². The van der Waals surface area contributed by atoms with Crippen molar-refractivity contribution in [1.82, 2.24) is 4.98 Å². The number of aromatic carboxylic acids is 1. The summed E-state index contributed by atoms with van der Waals surface area (Å²) in [6, 6.07) is 8.95. The molecule has 0 radical (unpaired) electrons. The van der Waals surface area contributed by atoms with E-state index in [0.717, 1.165) is 16.2 Å². The number of aryl methyl sites for hydroxylation is 1. The Morgan fingerprint density at radius 1 is 1.37 bits per heavy atom. The van der Waals surface area contributed by atoms with E-state index < -0.39 is 5.97 Å². The lowest BCUT2D eigenvalue weighted by Crippen LogP contribution is -1.99. The van der Waals surface area contributed by atoms with Crippen molar-refractivity contribution in [2.45, 2.75) is 17.6 Å². The zero-order valence-electron chi connectivity index (χ0n) is 10.3. The fourth-order valence-electron chi connectivity index (χ4n) is 1.61. The van der Waals surface area contributed by atoms with Gasteiger partial charge in [-0.1, -0.05) is 17.7 Å². The lowest BCUT2D eigenvalue weighted by atomic mass is 10.1. The highest BCUT2D eigenvalue weighted by Gasteiger charge is 2.08. The summed E-state index contributed by atoms with van der Waals surface area (Å²) in [5.74, 6) is -0.247. The third-order valence-electron chi connectivity index (χ3n) is 2.60. The molecule has 2 rings (SSSR count). The van der Waals surface area contributed by atoms with Crippen molar-refractivity contribution in [2.75, 3.05) is 0 Å². The van der Waals surface area contributed by atoms with Gasteiger partial charge in [-0.15, -0.1) is 11.8 Å². The van der Waals surface area contributed by atoms with Crippen LogP contribution in [0.1, 0.15) is 21.6 Å². The number of rotatable bonds is 4. The molecule has 1 N–H and O–H groups in total. The summed E-state index contributed by atoms with van der Waals surface area (Å²) in [6.07, 6.45) is 1.66. The molecule has 0 spiro atoms. The third-order valence-corrected chi connectivity index (χ3v) is 3.87. The Hall–Kier alpha value is -1.52. The molecule has 3 nitrogen and oxygen atoms in total. The van der Waals surface area contributed by atoms with E-state index in [9.17, 15) is 4.79 Å². The van der Waals surface area contributed by atoms with Crippen LogP contribution in [0.25, 0.3) is 0 Å². The number of nitrogens with zero attached hydrogens (tertiary/aromatic N) is 1. The van der Waals surface area contributed by atoms with Crippen molar-refractivity contribution in [3.63, 3.8) is 0 Å². The van der Waals surface area contributed by atoms with Crippen LogP contribution < -0.4 is 0 Å². The van der Waals surface area contributed by atoms with Crippen LogP contribution in [0.3, 0.4) is 0 Å². The second kappa shape index (κ2) is 6.08. The minimum atomic E-state index is -0.902. The van der Waals surface area contributed by atoms with Gasteiger partial charge in [0.15, 0.2) is 0 Å². The van der Waals surface area contributed by atoms with E-state index in [0.29, 0.717) is 16.3 Å². The van der Waals surface area contributed by atoms with Gasteiger partial charge >= 0.3 is 5.97 Å². The molecule has 19 heavy (non-hydrogen) atoms. The maximum atomic E-state index is 11.1. The van der Waals surface area contributed by atoms with Crippen LogP contribution in [0.5, 0.6) is 0 Å². The second-order valence-electron chi connectivity index (χ2n) is 4.04. The lowest BCUT2D eigenvalue weighted by molar-refractivity contribution is 0.0696. The van der Waals surface area contributed by atoms with Crippen LogP contribution in [-0.2, 0) is 5.75 Å². The highest BCUT2D eigenvalue weighted by molar-refractivity contribution is 7.98. The summed E-state index contributed by atoms with van der Waals surface area (Å²) in [7, 11) is 0. The minimum absolute atomic E-state index is 0.337. The number of hydrogen-bond acceptors (Lipinski definition) is 3. The monoisotopic (exact) mass is 293 g/mol. The smallest absolute Gasteiger partial charge is 0.335 e. The van der Waals surface area contributed by atoms with Crippen LogP contribution in [0.2, 0.25) is 5.02 Å². The molecule has 0 bridgehead atoms. The fraction of sp³-hybridized carbons (Fsp3) is 0.143. The van der Waals surface area contributed by atoms with Gasteiger partial charge in [-0.25, -0.2) is 4.79 Å². The number of carboxylic acid groups (broad SMARTS) is 1. The molecule has 0 saturated carbocycles. The molecule has 0 fully saturated rings.